The van der Waals surface area contributed by atoms with Crippen LogP contribution in [0.5, 0.6) is 5.75 Å². The quantitative estimate of drug-likeness (QED) is 0.925. The lowest BCUT2D eigenvalue weighted by Crippen LogP contribution is -2.41. The second-order valence-corrected chi connectivity index (χ2v) is 6.52. The van der Waals surface area contributed by atoms with Crippen molar-refractivity contribution in [2.45, 2.75) is 12.8 Å². The van der Waals surface area contributed by atoms with Gasteiger partial charge in [-0.15, -0.1) is 11.3 Å². The van der Waals surface area contributed by atoms with E-state index < -0.39 is 0 Å². The SMILES string of the molecule is COc1ccc(C(=O)N2CCC(C(=O)Nc3nccs3)CC2)cc1. The van der Waals surface area contributed by atoms with E-state index in [-0.39, 0.29) is 17.7 Å². The molecule has 1 saturated heterocycles. The van der Waals surface area contributed by atoms with Gasteiger partial charge in [-0.25, -0.2) is 4.98 Å². The van der Waals surface area contributed by atoms with Gasteiger partial charge in [0.1, 0.15) is 5.75 Å². The van der Waals surface area contributed by atoms with E-state index in [1.807, 2.05) is 5.38 Å². The van der Waals surface area contributed by atoms with Crippen molar-refractivity contribution in [2.75, 3.05) is 25.5 Å². The zero-order valence-electron chi connectivity index (χ0n) is 13.4. The molecule has 1 aliphatic rings. The topological polar surface area (TPSA) is 71.5 Å². The lowest BCUT2D eigenvalue weighted by atomic mass is 9.95. The van der Waals surface area contributed by atoms with E-state index in [0.717, 1.165) is 5.75 Å². The summed E-state index contributed by atoms with van der Waals surface area (Å²) < 4.78 is 5.10. The number of piperidine rings is 1. The molecule has 0 spiro atoms. The van der Waals surface area contributed by atoms with Crippen LogP contribution in [0.15, 0.2) is 35.8 Å². The third kappa shape index (κ3) is 3.73. The molecule has 1 aromatic heterocycles. The van der Waals surface area contributed by atoms with Crippen molar-refractivity contribution in [3.63, 3.8) is 0 Å². The van der Waals surface area contributed by atoms with Gasteiger partial charge in [0.05, 0.1) is 7.11 Å². The summed E-state index contributed by atoms with van der Waals surface area (Å²) in [4.78, 5) is 30.6. The number of carbonyl (C=O) groups is 2. The third-order valence-electron chi connectivity index (χ3n) is 4.15. The van der Waals surface area contributed by atoms with E-state index in [0.29, 0.717) is 36.6 Å². The van der Waals surface area contributed by atoms with Gasteiger partial charge in [-0.3, -0.25) is 9.59 Å². The first-order valence-electron chi connectivity index (χ1n) is 7.81. The molecule has 1 aromatic carbocycles. The van der Waals surface area contributed by atoms with Crippen molar-refractivity contribution in [2.24, 2.45) is 5.92 Å². The van der Waals surface area contributed by atoms with Gasteiger partial charge in [-0.1, -0.05) is 0 Å². The summed E-state index contributed by atoms with van der Waals surface area (Å²) in [6, 6.07) is 7.09. The van der Waals surface area contributed by atoms with Crippen LogP contribution in [-0.4, -0.2) is 41.9 Å². The fraction of sp³-hybridized carbons (Fsp3) is 0.353. The summed E-state index contributed by atoms with van der Waals surface area (Å²) in [5.74, 6) is 0.635. The largest absolute Gasteiger partial charge is 0.497 e. The number of aromatic nitrogens is 1. The van der Waals surface area contributed by atoms with E-state index in [9.17, 15) is 9.59 Å². The third-order valence-corrected chi connectivity index (χ3v) is 4.84. The summed E-state index contributed by atoms with van der Waals surface area (Å²) in [6.07, 6.45) is 2.99. The molecule has 7 heteroatoms. The maximum absolute atomic E-state index is 12.5. The Morgan fingerprint density at radius 1 is 1.25 bits per heavy atom. The predicted octanol–water partition coefficient (Wildman–Crippen LogP) is 2.64. The molecule has 0 unspecified atom stereocenters. The van der Waals surface area contributed by atoms with Gasteiger partial charge in [0.25, 0.3) is 5.91 Å². The maximum Gasteiger partial charge on any atom is 0.253 e. The molecule has 0 saturated carbocycles. The highest BCUT2D eigenvalue weighted by atomic mass is 32.1. The van der Waals surface area contributed by atoms with E-state index >= 15 is 0 Å². The molecule has 2 aromatic rings. The average Bonchev–Trinajstić information content (AvgIpc) is 3.14. The minimum absolute atomic E-state index is 0.00330. The number of benzene rings is 1. The molecule has 0 atom stereocenters. The number of nitrogens with zero attached hydrogens (tertiary/aromatic N) is 2. The lowest BCUT2D eigenvalue weighted by Gasteiger charge is -2.31. The molecule has 0 bridgehead atoms. The molecule has 0 radical (unpaired) electrons. The monoisotopic (exact) mass is 345 g/mol. The summed E-state index contributed by atoms with van der Waals surface area (Å²) in [5.41, 5.74) is 0.640. The highest BCUT2D eigenvalue weighted by Gasteiger charge is 2.28. The number of thiazole rings is 1. The zero-order chi connectivity index (χ0) is 16.9. The van der Waals surface area contributed by atoms with E-state index in [1.54, 1.807) is 42.5 Å². The molecule has 2 amide bonds. The van der Waals surface area contributed by atoms with E-state index in [1.165, 1.54) is 11.3 Å². The van der Waals surface area contributed by atoms with Gasteiger partial charge in [0.15, 0.2) is 5.13 Å². The van der Waals surface area contributed by atoms with Crippen molar-refractivity contribution in [1.82, 2.24) is 9.88 Å². The van der Waals surface area contributed by atoms with Crippen LogP contribution in [0.4, 0.5) is 5.13 Å². The fourth-order valence-electron chi connectivity index (χ4n) is 2.75. The first-order valence-corrected chi connectivity index (χ1v) is 8.69. The number of rotatable bonds is 4. The Kier molecular flexibility index (Phi) is 5.10. The molecule has 0 aliphatic carbocycles. The van der Waals surface area contributed by atoms with Crippen molar-refractivity contribution >= 4 is 28.3 Å². The van der Waals surface area contributed by atoms with Gasteiger partial charge in [0.2, 0.25) is 5.91 Å². The van der Waals surface area contributed by atoms with Crippen LogP contribution in [0, 0.1) is 5.92 Å². The van der Waals surface area contributed by atoms with Gasteiger partial charge in [-0.05, 0) is 37.1 Å². The van der Waals surface area contributed by atoms with Crippen LogP contribution in [0.25, 0.3) is 0 Å². The Morgan fingerprint density at radius 2 is 1.96 bits per heavy atom. The second-order valence-electron chi connectivity index (χ2n) is 5.62. The standard InChI is InChI=1S/C17H19N3O3S/c1-23-14-4-2-13(3-5-14)16(22)20-9-6-12(7-10-20)15(21)19-17-18-8-11-24-17/h2-5,8,11-12H,6-7,9-10H2,1H3,(H,18,19,21). The van der Waals surface area contributed by atoms with E-state index in [2.05, 4.69) is 10.3 Å². The number of amides is 2. The first kappa shape index (κ1) is 16.4. The number of likely N-dealkylation sites (tertiary alicyclic amines) is 1. The van der Waals surface area contributed by atoms with Crippen LogP contribution < -0.4 is 10.1 Å². The Bertz CT molecular complexity index is 692. The number of methoxy groups -OCH3 is 1. The summed E-state index contributed by atoms with van der Waals surface area (Å²) in [6.45, 7) is 1.17. The predicted molar refractivity (Wildman–Crippen MR) is 92.4 cm³/mol. The summed E-state index contributed by atoms with van der Waals surface area (Å²) in [7, 11) is 1.60. The highest BCUT2D eigenvalue weighted by Crippen LogP contribution is 2.22. The van der Waals surface area contributed by atoms with Crippen LogP contribution in [-0.2, 0) is 4.79 Å². The molecule has 1 aliphatic heterocycles. The van der Waals surface area contributed by atoms with Gasteiger partial charge < -0.3 is 15.0 Å². The summed E-state index contributed by atoms with van der Waals surface area (Å²) >= 11 is 1.40. The maximum atomic E-state index is 12.5. The van der Waals surface area contributed by atoms with E-state index in [4.69, 9.17) is 4.74 Å². The first-order chi connectivity index (χ1) is 11.7. The number of nitrogens with one attached hydrogen (secondary N) is 1. The number of hydrogen-bond acceptors (Lipinski definition) is 5. The highest BCUT2D eigenvalue weighted by molar-refractivity contribution is 7.13. The zero-order valence-corrected chi connectivity index (χ0v) is 14.2. The molecular formula is C17H19N3O3S. The number of hydrogen-bond donors (Lipinski definition) is 1. The molecule has 1 fully saturated rings. The summed E-state index contributed by atoms with van der Waals surface area (Å²) in [5, 5.41) is 5.28. The van der Waals surface area contributed by atoms with Crippen LogP contribution in [0.1, 0.15) is 23.2 Å². The molecule has 126 valence electrons. The Hall–Kier alpha value is -2.41. The Labute approximate surface area is 144 Å². The minimum atomic E-state index is -0.0752. The fourth-order valence-corrected chi connectivity index (χ4v) is 3.29. The number of carbonyl (C=O) groups excluding carboxylic acids is 2. The van der Waals surface area contributed by atoms with Crippen molar-refractivity contribution in [3.05, 3.63) is 41.4 Å². The van der Waals surface area contributed by atoms with Crippen molar-refractivity contribution < 1.29 is 14.3 Å². The normalized spacial score (nSPS) is 15.1. The van der Waals surface area contributed by atoms with Gasteiger partial charge in [-0.2, -0.15) is 0 Å². The molecule has 24 heavy (non-hydrogen) atoms. The lowest BCUT2D eigenvalue weighted by molar-refractivity contribution is -0.121. The second kappa shape index (κ2) is 7.44. The number of ether oxygens (including phenoxy) is 1. The van der Waals surface area contributed by atoms with Crippen LogP contribution in [0.2, 0.25) is 0 Å². The molecule has 2 heterocycles. The molecular weight excluding hydrogens is 326 g/mol. The minimum Gasteiger partial charge on any atom is -0.497 e. The van der Waals surface area contributed by atoms with Crippen molar-refractivity contribution in [1.29, 1.82) is 0 Å². The van der Waals surface area contributed by atoms with Crippen molar-refractivity contribution in [3.8, 4) is 5.75 Å². The van der Waals surface area contributed by atoms with Crippen LogP contribution >= 0.6 is 11.3 Å². The Balaban J connectivity index is 1.54. The Morgan fingerprint density at radius 3 is 2.54 bits per heavy atom. The molecule has 1 N–H and O–H groups in total. The molecule has 6 nitrogen and oxygen atoms in total. The average molecular weight is 345 g/mol. The van der Waals surface area contributed by atoms with Crippen LogP contribution in [0.3, 0.4) is 0 Å². The smallest absolute Gasteiger partial charge is 0.253 e. The van der Waals surface area contributed by atoms with Gasteiger partial charge >= 0.3 is 0 Å². The van der Waals surface area contributed by atoms with Gasteiger partial charge in [0, 0.05) is 36.1 Å². The molecule has 3 rings (SSSR count). The number of anilines is 1.